The normalized spacial score (nSPS) is 12.5. The molecular weight excluding hydrogens is 299 g/mol. The standard InChI is InChI=1S/C14H20Cl2N2O2/c1-4-20-14(19)13(17-7-8-18(2)3)11-6-5-10(15)9-12(11)16/h5-6,9,13,17H,4,7-8H2,1-3H3. The number of rotatable bonds is 7. The number of carbonyl (C=O) groups excluding carboxylic acids is 1. The Morgan fingerprint density at radius 3 is 2.65 bits per heavy atom. The van der Waals surface area contributed by atoms with E-state index in [1.54, 1.807) is 25.1 Å². The summed E-state index contributed by atoms with van der Waals surface area (Å²) in [7, 11) is 3.94. The van der Waals surface area contributed by atoms with Gasteiger partial charge < -0.3 is 9.64 Å². The molecule has 0 aliphatic heterocycles. The van der Waals surface area contributed by atoms with Crippen molar-refractivity contribution in [3.63, 3.8) is 0 Å². The zero-order valence-electron chi connectivity index (χ0n) is 12.0. The monoisotopic (exact) mass is 318 g/mol. The first-order chi connectivity index (χ1) is 9.45. The molecule has 0 bridgehead atoms. The fourth-order valence-electron chi connectivity index (χ4n) is 1.71. The molecule has 1 unspecified atom stereocenters. The Kier molecular flexibility index (Phi) is 7.30. The number of hydrogen-bond acceptors (Lipinski definition) is 4. The van der Waals surface area contributed by atoms with Gasteiger partial charge in [0.05, 0.1) is 6.61 Å². The highest BCUT2D eigenvalue weighted by Crippen LogP contribution is 2.27. The van der Waals surface area contributed by atoms with Crippen molar-refractivity contribution in [3.05, 3.63) is 33.8 Å². The molecule has 1 atom stereocenters. The zero-order valence-corrected chi connectivity index (χ0v) is 13.5. The van der Waals surface area contributed by atoms with E-state index in [-0.39, 0.29) is 5.97 Å². The Hall–Kier alpha value is -0.810. The molecule has 0 saturated heterocycles. The van der Waals surface area contributed by atoms with Crippen LogP contribution in [0.3, 0.4) is 0 Å². The molecule has 0 aromatic heterocycles. The fourth-order valence-corrected chi connectivity index (χ4v) is 2.23. The summed E-state index contributed by atoms with van der Waals surface area (Å²) < 4.78 is 5.09. The molecular formula is C14H20Cl2N2O2. The first-order valence-electron chi connectivity index (χ1n) is 6.45. The third-order valence-corrected chi connectivity index (χ3v) is 3.27. The summed E-state index contributed by atoms with van der Waals surface area (Å²) in [6.07, 6.45) is 0. The van der Waals surface area contributed by atoms with E-state index in [0.717, 1.165) is 6.54 Å². The molecule has 0 saturated carbocycles. The number of benzene rings is 1. The van der Waals surface area contributed by atoms with Crippen LogP contribution >= 0.6 is 23.2 Å². The minimum Gasteiger partial charge on any atom is -0.465 e. The molecule has 0 aliphatic rings. The molecule has 1 rings (SSSR count). The predicted octanol–water partition coefficient (Wildman–Crippen LogP) is 2.75. The molecule has 112 valence electrons. The minimum atomic E-state index is -0.584. The largest absolute Gasteiger partial charge is 0.465 e. The van der Waals surface area contributed by atoms with Gasteiger partial charge >= 0.3 is 5.97 Å². The van der Waals surface area contributed by atoms with Crippen LogP contribution in [0.25, 0.3) is 0 Å². The van der Waals surface area contributed by atoms with Gasteiger partial charge in [-0.15, -0.1) is 0 Å². The van der Waals surface area contributed by atoms with Crippen LogP contribution in [0, 0.1) is 0 Å². The van der Waals surface area contributed by atoms with Gasteiger partial charge in [-0.2, -0.15) is 0 Å². The lowest BCUT2D eigenvalue weighted by atomic mass is 10.1. The van der Waals surface area contributed by atoms with Crippen molar-refractivity contribution in [1.82, 2.24) is 10.2 Å². The third kappa shape index (κ3) is 5.29. The predicted molar refractivity (Wildman–Crippen MR) is 82.4 cm³/mol. The van der Waals surface area contributed by atoms with Crippen molar-refractivity contribution < 1.29 is 9.53 Å². The van der Waals surface area contributed by atoms with Crippen LogP contribution in [0.2, 0.25) is 10.0 Å². The molecule has 0 aliphatic carbocycles. The van der Waals surface area contributed by atoms with E-state index in [4.69, 9.17) is 27.9 Å². The molecule has 0 radical (unpaired) electrons. The van der Waals surface area contributed by atoms with E-state index in [0.29, 0.717) is 28.8 Å². The van der Waals surface area contributed by atoms with Gasteiger partial charge in [-0.25, -0.2) is 4.79 Å². The number of halogens is 2. The number of nitrogens with zero attached hydrogens (tertiary/aromatic N) is 1. The second kappa shape index (κ2) is 8.47. The molecule has 1 aromatic carbocycles. The van der Waals surface area contributed by atoms with Crippen molar-refractivity contribution in [2.45, 2.75) is 13.0 Å². The molecule has 0 spiro atoms. The van der Waals surface area contributed by atoms with E-state index in [1.165, 1.54) is 0 Å². The lowest BCUT2D eigenvalue weighted by molar-refractivity contribution is -0.145. The summed E-state index contributed by atoms with van der Waals surface area (Å²) in [6.45, 7) is 3.56. The molecule has 1 aromatic rings. The van der Waals surface area contributed by atoms with E-state index >= 15 is 0 Å². The molecule has 0 fully saturated rings. The number of ether oxygens (including phenoxy) is 1. The molecule has 4 nitrogen and oxygen atoms in total. The summed E-state index contributed by atoms with van der Waals surface area (Å²) in [5.74, 6) is -0.338. The van der Waals surface area contributed by atoms with Crippen LogP contribution < -0.4 is 5.32 Å². The Bertz CT molecular complexity index is 453. The van der Waals surface area contributed by atoms with Gasteiger partial charge in [0.2, 0.25) is 0 Å². The van der Waals surface area contributed by atoms with Crippen LogP contribution in [0.15, 0.2) is 18.2 Å². The van der Waals surface area contributed by atoms with Crippen molar-refractivity contribution in [2.75, 3.05) is 33.8 Å². The van der Waals surface area contributed by atoms with E-state index < -0.39 is 6.04 Å². The lowest BCUT2D eigenvalue weighted by Gasteiger charge is -2.20. The van der Waals surface area contributed by atoms with E-state index in [1.807, 2.05) is 19.0 Å². The summed E-state index contributed by atoms with van der Waals surface area (Å²) in [4.78, 5) is 14.1. The van der Waals surface area contributed by atoms with Crippen molar-refractivity contribution in [1.29, 1.82) is 0 Å². The Morgan fingerprint density at radius 1 is 1.40 bits per heavy atom. The number of likely N-dealkylation sites (N-methyl/N-ethyl adjacent to an activating group) is 1. The van der Waals surface area contributed by atoms with E-state index in [2.05, 4.69) is 5.32 Å². The Balaban J connectivity index is 2.88. The third-order valence-electron chi connectivity index (χ3n) is 2.70. The molecule has 0 amide bonds. The summed E-state index contributed by atoms with van der Waals surface area (Å²) in [6, 6.07) is 4.50. The van der Waals surface area contributed by atoms with Gasteiger partial charge in [0, 0.05) is 23.1 Å². The van der Waals surface area contributed by atoms with Crippen LogP contribution in [-0.4, -0.2) is 44.7 Å². The van der Waals surface area contributed by atoms with Crippen molar-refractivity contribution in [3.8, 4) is 0 Å². The second-order valence-corrected chi connectivity index (χ2v) is 5.45. The SMILES string of the molecule is CCOC(=O)C(NCCN(C)C)c1ccc(Cl)cc1Cl. The summed E-state index contributed by atoms with van der Waals surface area (Å²) >= 11 is 12.0. The Labute approximate surface area is 130 Å². The van der Waals surface area contributed by atoms with Gasteiger partial charge in [0.1, 0.15) is 6.04 Å². The molecule has 0 heterocycles. The molecule has 20 heavy (non-hydrogen) atoms. The highest BCUT2D eigenvalue weighted by Gasteiger charge is 2.23. The topological polar surface area (TPSA) is 41.6 Å². The fraction of sp³-hybridized carbons (Fsp3) is 0.500. The van der Waals surface area contributed by atoms with Crippen LogP contribution in [-0.2, 0) is 9.53 Å². The lowest BCUT2D eigenvalue weighted by Crippen LogP contribution is -2.35. The van der Waals surface area contributed by atoms with Gasteiger partial charge in [-0.3, -0.25) is 5.32 Å². The van der Waals surface area contributed by atoms with Crippen molar-refractivity contribution >= 4 is 29.2 Å². The maximum absolute atomic E-state index is 12.1. The maximum Gasteiger partial charge on any atom is 0.327 e. The number of nitrogens with one attached hydrogen (secondary N) is 1. The van der Waals surface area contributed by atoms with Crippen molar-refractivity contribution in [2.24, 2.45) is 0 Å². The minimum absolute atomic E-state index is 0.329. The smallest absolute Gasteiger partial charge is 0.327 e. The zero-order chi connectivity index (χ0) is 15.1. The highest BCUT2D eigenvalue weighted by atomic mass is 35.5. The summed E-state index contributed by atoms with van der Waals surface area (Å²) in [5.41, 5.74) is 0.674. The van der Waals surface area contributed by atoms with Crippen LogP contribution in [0.1, 0.15) is 18.5 Å². The molecule has 6 heteroatoms. The van der Waals surface area contributed by atoms with Crippen LogP contribution in [0.4, 0.5) is 0 Å². The first-order valence-corrected chi connectivity index (χ1v) is 7.21. The Morgan fingerprint density at radius 2 is 2.10 bits per heavy atom. The van der Waals surface area contributed by atoms with Gasteiger partial charge in [0.25, 0.3) is 0 Å². The average molecular weight is 319 g/mol. The number of hydrogen-bond donors (Lipinski definition) is 1. The second-order valence-electron chi connectivity index (χ2n) is 4.61. The number of esters is 1. The maximum atomic E-state index is 12.1. The number of carbonyl (C=O) groups is 1. The van der Waals surface area contributed by atoms with Gasteiger partial charge in [-0.1, -0.05) is 29.3 Å². The highest BCUT2D eigenvalue weighted by molar-refractivity contribution is 6.35. The van der Waals surface area contributed by atoms with Crippen LogP contribution in [0.5, 0.6) is 0 Å². The first kappa shape index (κ1) is 17.2. The average Bonchev–Trinajstić information content (AvgIpc) is 2.35. The van der Waals surface area contributed by atoms with E-state index in [9.17, 15) is 4.79 Å². The molecule has 1 N–H and O–H groups in total. The van der Waals surface area contributed by atoms with Gasteiger partial charge in [-0.05, 0) is 38.7 Å². The van der Waals surface area contributed by atoms with Gasteiger partial charge in [0.15, 0.2) is 0 Å². The summed E-state index contributed by atoms with van der Waals surface area (Å²) in [5, 5.41) is 4.16. The quantitative estimate of drug-likeness (QED) is 0.785.